The average Bonchev–Trinajstić information content (AvgIpc) is 3.17. The number of nitrogens with zero attached hydrogens (tertiary/aromatic N) is 2. The zero-order valence-electron chi connectivity index (χ0n) is 26.2. The average molecular weight is 811 g/mol. The van der Waals surface area contributed by atoms with Gasteiger partial charge in [0.1, 0.15) is 22.5 Å². The van der Waals surface area contributed by atoms with Crippen molar-refractivity contribution in [3.05, 3.63) is 170 Å². The van der Waals surface area contributed by atoms with E-state index in [4.69, 9.17) is 6.80 Å². The van der Waals surface area contributed by atoms with Gasteiger partial charge in [-0.05, 0) is 57.6 Å². The van der Waals surface area contributed by atoms with E-state index in [1.165, 1.54) is 0 Å². The Balaban J connectivity index is 0.000000158. The van der Waals surface area contributed by atoms with E-state index in [9.17, 15) is 10.2 Å². The molecule has 0 fully saturated rings. The van der Waals surface area contributed by atoms with Gasteiger partial charge in [0, 0.05) is 34.3 Å². The van der Waals surface area contributed by atoms with Crippen LogP contribution in [0.25, 0.3) is 66.3 Å². The second kappa shape index (κ2) is 15.7. The molecule has 0 aliphatic heterocycles. The number of rotatable bonds is 4. The molecule has 6 nitrogen and oxygen atoms in total. The van der Waals surface area contributed by atoms with Crippen LogP contribution in [0.15, 0.2) is 170 Å². The van der Waals surface area contributed by atoms with Crippen molar-refractivity contribution in [2.45, 2.75) is 0 Å². The van der Waals surface area contributed by atoms with Gasteiger partial charge in [0.2, 0.25) is 0 Å². The number of phenolic OH excluding ortho intramolecular Hbond substituents is 2. The Labute approximate surface area is 292 Å². The molecule has 0 atom stereocenters. The van der Waals surface area contributed by atoms with Crippen LogP contribution in [-0.2, 0) is 25.3 Å². The number of hydrogen-bond donors (Lipinski definition) is 2. The Morgan fingerprint density at radius 3 is 0.980 bits per heavy atom. The van der Waals surface area contributed by atoms with Crippen molar-refractivity contribution in [2.24, 2.45) is 0 Å². The second-order valence-corrected chi connectivity index (χ2v) is 11.5. The molecule has 2 aromatic heterocycles. The molecule has 6 aromatic carbocycles. The molecule has 0 saturated heterocycles. The summed E-state index contributed by atoms with van der Waals surface area (Å²) in [6.07, 6.45) is 3.43. The Morgan fingerprint density at radius 2 is 0.673 bits per heavy atom. The fraction of sp³-hybridized carbons (Fsp3) is 0. The summed E-state index contributed by atoms with van der Waals surface area (Å²) in [4.78, 5) is 8.81. The first-order valence-electron chi connectivity index (χ1n) is 15.5. The van der Waals surface area contributed by atoms with E-state index in [2.05, 4.69) is 34.2 Å². The Kier molecular flexibility index (Phi) is 10.6. The summed E-state index contributed by atoms with van der Waals surface area (Å²) < 4.78 is 17.1. The summed E-state index contributed by atoms with van der Waals surface area (Å²) in [7, 11) is 0. The predicted octanol–water partition coefficient (Wildman–Crippen LogP) is 10.3. The molecule has 0 aliphatic rings. The number of aromatic nitrogens is 2. The molecular formula is C42H30N2O4W. The maximum absolute atomic E-state index is 10.7. The summed E-state index contributed by atoms with van der Waals surface area (Å²) >= 11 is -2.25. The summed E-state index contributed by atoms with van der Waals surface area (Å²) in [5.41, 5.74) is 9.21. The first-order chi connectivity index (χ1) is 24.1. The molecule has 8 aromatic rings. The number of phenols is 2. The van der Waals surface area contributed by atoms with Crippen molar-refractivity contribution in [3.63, 3.8) is 0 Å². The van der Waals surface area contributed by atoms with Gasteiger partial charge in [0.05, 0.1) is 0 Å². The van der Waals surface area contributed by atoms with Crippen molar-refractivity contribution in [2.75, 3.05) is 0 Å². The van der Waals surface area contributed by atoms with E-state index in [1.807, 2.05) is 133 Å². The fourth-order valence-corrected chi connectivity index (χ4v) is 5.85. The Bertz CT molecular complexity index is 2200. The molecule has 0 aliphatic carbocycles. The molecular weight excluding hydrogens is 780 g/mol. The number of pyridine rings is 2. The standard InChI is InChI=1S/2C21H15NO.2O.W/c2*23-21-19(16-10-5-2-6-11-16)14-18(15-8-3-1-4-9-15)17-12-7-13-22-20(17)21;;;/h2*1-14,23H;;;. The second-order valence-electron chi connectivity index (χ2n) is 11.0. The Morgan fingerprint density at radius 1 is 0.388 bits per heavy atom. The van der Waals surface area contributed by atoms with Gasteiger partial charge in [-0.1, -0.05) is 133 Å². The molecule has 2 N–H and O–H groups in total. The van der Waals surface area contributed by atoms with Gasteiger partial charge >= 0.3 is 25.3 Å². The molecule has 2 heterocycles. The van der Waals surface area contributed by atoms with Crippen LogP contribution < -0.4 is 0 Å². The Hall–Kier alpha value is -5.97. The molecule has 0 amide bonds. The van der Waals surface area contributed by atoms with Gasteiger partial charge in [-0.25, -0.2) is 0 Å². The third kappa shape index (κ3) is 7.30. The van der Waals surface area contributed by atoms with Gasteiger partial charge in [-0.15, -0.1) is 0 Å². The van der Waals surface area contributed by atoms with Crippen LogP contribution in [0.5, 0.6) is 11.5 Å². The van der Waals surface area contributed by atoms with Crippen LogP contribution in [-0.4, -0.2) is 20.2 Å². The molecule has 0 saturated carbocycles. The topological polar surface area (TPSA) is 100 Å². The number of benzene rings is 6. The molecule has 238 valence electrons. The molecule has 0 spiro atoms. The van der Waals surface area contributed by atoms with E-state index in [-0.39, 0.29) is 11.5 Å². The van der Waals surface area contributed by atoms with Crippen LogP contribution in [0.2, 0.25) is 0 Å². The minimum absolute atomic E-state index is 0.228. The van der Waals surface area contributed by atoms with Crippen molar-refractivity contribution >= 4 is 21.8 Å². The van der Waals surface area contributed by atoms with Gasteiger partial charge < -0.3 is 10.2 Å². The van der Waals surface area contributed by atoms with Crippen molar-refractivity contribution in [1.82, 2.24) is 9.97 Å². The number of fused-ring (bicyclic) bond motifs is 2. The summed E-state index contributed by atoms with van der Waals surface area (Å²) in [6.45, 7) is 0. The van der Waals surface area contributed by atoms with Crippen molar-refractivity contribution in [1.29, 1.82) is 0 Å². The van der Waals surface area contributed by atoms with E-state index < -0.39 is 18.5 Å². The van der Waals surface area contributed by atoms with Gasteiger partial charge in [0.15, 0.2) is 0 Å². The molecule has 49 heavy (non-hydrogen) atoms. The van der Waals surface area contributed by atoms with Gasteiger partial charge in [0.25, 0.3) is 0 Å². The monoisotopic (exact) mass is 810 g/mol. The van der Waals surface area contributed by atoms with Crippen LogP contribution in [0, 0.1) is 0 Å². The van der Waals surface area contributed by atoms with Crippen LogP contribution in [0.1, 0.15) is 0 Å². The van der Waals surface area contributed by atoms with Crippen molar-refractivity contribution < 1.29 is 35.5 Å². The summed E-state index contributed by atoms with van der Waals surface area (Å²) in [5.74, 6) is 0.456. The third-order valence-corrected chi connectivity index (χ3v) is 8.07. The van der Waals surface area contributed by atoms with Gasteiger partial charge in [-0.3, -0.25) is 9.97 Å². The van der Waals surface area contributed by atoms with Crippen LogP contribution in [0.3, 0.4) is 0 Å². The number of hydrogen-bond acceptors (Lipinski definition) is 6. The van der Waals surface area contributed by atoms with Crippen LogP contribution >= 0.6 is 0 Å². The first kappa shape index (κ1) is 32.9. The quantitative estimate of drug-likeness (QED) is 0.184. The summed E-state index contributed by atoms with van der Waals surface area (Å²) in [5, 5.41) is 23.3. The molecule has 7 heteroatoms. The predicted molar refractivity (Wildman–Crippen MR) is 190 cm³/mol. The zero-order chi connectivity index (χ0) is 34.0. The fourth-order valence-electron chi connectivity index (χ4n) is 5.85. The van der Waals surface area contributed by atoms with E-state index in [0.29, 0.717) is 11.0 Å². The minimum atomic E-state index is -2.25. The normalized spacial score (nSPS) is 10.4. The van der Waals surface area contributed by atoms with Crippen LogP contribution in [0.4, 0.5) is 0 Å². The van der Waals surface area contributed by atoms with Gasteiger partial charge in [-0.2, -0.15) is 0 Å². The first-order valence-corrected chi connectivity index (χ1v) is 17.8. The molecule has 0 radical (unpaired) electrons. The van der Waals surface area contributed by atoms with Crippen molar-refractivity contribution in [3.8, 4) is 56.0 Å². The van der Waals surface area contributed by atoms with E-state index >= 15 is 0 Å². The summed E-state index contributed by atoms with van der Waals surface area (Å²) in [6, 6.07) is 52.1. The number of aromatic hydroxyl groups is 2. The van der Waals surface area contributed by atoms with E-state index in [1.54, 1.807) is 12.4 Å². The molecule has 0 unspecified atom stereocenters. The molecule has 8 rings (SSSR count). The molecule has 0 bridgehead atoms. The maximum atomic E-state index is 10.7. The zero-order valence-corrected chi connectivity index (χ0v) is 29.1. The van der Waals surface area contributed by atoms with E-state index in [0.717, 1.165) is 55.3 Å². The SMILES string of the molecule is Oc1c(-c2ccccc2)cc(-c2ccccc2)c2cccnc12.Oc1c(-c2ccccc2)cc(-c2ccccc2)c2cccnc12.[O]=[W]=[O]. The third-order valence-electron chi connectivity index (χ3n) is 8.07.